The summed E-state index contributed by atoms with van der Waals surface area (Å²) in [5.74, 6) is -1.06. The van der Waals surface area contributed by atoms with Gasteiger partial charge in [0.15, 0.2) is 0 Å². The summed E-state index contributed by atoms with van der Waals surface area (Å²) in [6, 6.07) is 4.81. The maximum atomic E-state index is 13.5. The Labute approximate surface area is 210 Å². The van der Waals surface area contributed by atoms with Crippen LogP contribution < -0.4 is 10.6 Å². The predicted molar refractivity (Wildman–Crippen MR) is 128 cm³/mol. The van der Waals surface area contributed by atoms with Crippen molar-refractivity contribution < 1.29 is 19.2 Å². The summed E-state index contributed by atoms with van der Waals surface area (Å²) >= 11 is 1.47. The number of aromatic nitrogens is 4. The van der Waals surface area contributed by atoms with E-state index in [1.807, 2.05) is 12.3 Å². The number of carbonyl (C=O) groups excluding carboxylic acids is 4. The highest BCUT2D eigenvalue weighted by Crippen LogP contribution is 2.35. The number of thiazole rings is 1. The molecule has 2 N–H and O–H groups in total. The molecule has 0 aliphatic carbocycles. The Morgan fingerprint density at radius 2 is 1.97 bits per heavy atom. The van der Waals surface area contributed by atoms with Crippen molar-refractivity contribution in [2.24, 2.45) is 0 Å². The van der Waals surface area contributed by atoms with Crippen molar-refractivity contribution in [1.29, 1.82) is 0 Å². The van der Waals surface area contributed by atoms with Crippen LogP contribution >= 0.6 is 11.3 Å². The molecule has 2 aliphatic heterocycles. The van der Waals surface area contributed by atoms with Crippen molar-refractivity contribution in [3.63, 3.8) is 0 Å². The molecule has 4 heterocycles. The lowest BCUT2D eigenvalue weighted by atomic mass is 10.1. The molecule has 0 bridgehead atoms. The van der Waals surface area contributed by atoms with Gasteiger partial charge in [-0.3, -0.25) is 19.3 Å². The van der Waals surface area contributed by atoms with Crippen LogP contribution in [0.3, 0.4) is 0 Å². The van der Waals surface area contributed by atoms with Crippen LogP contribution in [-0.2, 0) is 9.59 Å². The first-order valence-corrected chi connectivity index (χ1v) is 12.3. The fourth-order valence-electron chi connectivity index (χ4n) is 4.37. The van der Waals surface area contributed by atoms with E-state index < -0.39 is 23.9 Å². The van der Waals surface area contributed by atoms with E-state index in [1.165, 1.54) is 18.4 Å². The topological polar surface area (TPSA) is 142 Å². The third-order valence-electron chi connectivity index (χ3n) is 6.30. The average Bonchev–Trinajstić information content (AvgIpc) is 3.63. The maximum Gasteiger partial charge on any atom is 0.324 e. The Kier molecular flexibility index (Phi) is 6.22. The average molecular weight is 509 g/mol. The van der Waals surface area contributed by atoms with Crippen LogP contribution in [0.15, 0.2) is 42.0 Å². The summed E-state index contributed by atoms with van der Waals surface area (Å²) in [4.78, 5) is 57.6. The monoisotopic (exact) mass is 508 g/mol. The number of likely N-dealkylation sites (tertiary alicyclic amines) is 1. The number of urea groups is 1. The molecule has 2 aliphatic rings. The highest BCUT2D eigenvalue weighted by atomic mass is 32.1. The van der Waals surface area contributed by atoms with Gasteiger partial charge in [-0.25, -0.2) is 14.5 Å². The molecule has 0 spiro atoms. The lowest BCUT2D eigenvalue weighted by Gasteiger charge is -2.28. The third kappa shape index (κ3) is 4.56. The van der Waals surface area contributed by atoms with Crippen molar-refractivity contribution in [3.05, 3.63) is 58.3 Å². The number of nitrogens with zero attached hydrogens (tertiary/aromatic N) is 6. The molecule has 0 unspecified atom stereocenters. The van der Waals surface area contributed by atoms with E-state index in [2.05, 4.69) is 25.9 Å². The quantitative estimate of drug-likeness (QED) is 0.524. The first kappa shape index (κ1) is 23.6. The van der Waals surface area contributed by atoms with Gasteiger partial charge < -0.3 is 15.5 Å². The Bertz CT molecular complexity index is 1290. The number of carbonyl (C=O) groups is 4. The zero-order valence-electron chi connectivity index (χ0n) is 19.6. The van der Waals surface area contributed by atoms with Crippen LogP contribution in [0.2, 0.25) is 0 Å². The molecule has 0 radical (unpaired) electrons. The lowest BCUT2D eigenvalue weighted by Crippen LogP contribution is -2.59. The van der Waals surface area contributed by atoms with Gasteiger partial charge in [0, 0.05) is 36.3 Å². The summed E-state index contributed by atoms with van der Waals surface area (Å²) < 4.78 is 1.60. The first-order valence-electron chi connectivity index (χ1n) is 11.4. The number of hydrogen-bond acceptors (Lipinski definition) is 8. The SMILES string of the molecule is Cc1csc([C@@H]2C[C@H](NC(=O)[C@@H]3CC(=O)N(C)C(=O)N3)CN2C(=O)c2ccc(-n3ccnn3)cc2)n1. The second-order valence-corrected chi connectivity index (χ2v) is 9.68. The van der Waals surface area contributed by atoms with Crippen LogP contribution in [0.25, 0.3) is 5.69 Å². The van der Waals surface area contributed by atoms with E-state index in [9.17, 15) is 19.2 Å². The molecule has 5 amide bonds. The van der Waals surface area contributed by atoms with Gasteiger partial charge in [0.2, 0.25) is 11.8 Å². The Balaban J connectivity index is 1.33. The van der Waals surface area contributed by atoms with E-state index in [0.29, 0.717) is 12.0 Å². The number of rotatable bonds is 5. The normalized spacial score (nSPS) is 22.0. The van der Waals surface area contributed by atoms with E-state index in [0.717, 1.165) is 21.3 Å². The second-order valence-electron chi connectivity index (χ2n) is 8.80. The van der Waals surface area contributed by atoms with Gasteiger partial charge in [0.05, 0.1) is 30.5 Å². The van der Waals surface area contributed by atoms with Gasteiger partial charge >= 0.3 is 6.03 Å². The summed E-state index contributed by atoms with van der Waals surface area (Å²) in [7, 11) is 1.37. The van der Waals surface area contributed by atoms with Crippen LogP contribution in [0.5, 0.6) is 0 Å². The molecule has 1 aromatic carbocycles. The van der Waals surface area contributed by atoms with E-state index in [1.54, 1.807) is 46.2 Å². The number of amides is 5. The number of benzene rings is 1. The molecule has 5 rings (SSSR count). The number of imide groups is 1. The van der Waals surface area contributed by atoms with Gasteiger partial charge in [-0.2, -0.15) is 0 Å². The molecule has 2 saturated heterocycles. The minimum Gasteiger partial charge on any atom is -0.350 e. The maximum absolute atomic E-state index is 13.5. The molecule has 2 fully saturated rings. The van der Waals surface area contributed by atoms with Gasteiger partial charge in [-0.05, 0) is 37.6 Å². The zero-order valence-corrected chi connectivity index (χ0v) is 20.4. The lowest BCUT2D eigenvalue weighted by molar-refractivity contribution is -0.134. The number of hydrogen-bond donors (Lipinski definition) is 2. The highest BCUT2D eigenvalue weighted by molar-refractivity contribution is 7.09. The molecule has 36 heavy (non-hydrogen) atoms. The molecule has 13 heteroatoms. The zero-order chi connectivity index (χ0) is 25.4. The van der Waals surface area contributed by atoms with E-state index in [4.69, 9.17) is 0 Å². The molecular weight excluding hydrogens is 484 g/mol. The Morgan fingerprint density at radius 3 is 2.61 bits per heavy atom. The van der Waals surface area contributed by atoms with Crippen molar-refractivity contribution in [3.8, 4) is 5.69 Å². The number of aryl methyl sites for hydroxylation is 1. The van der Waals surface area contributed by atoms with Gasteiger partial charge in [0.1, 0.15) is 11.0 Å². The summed E-state index contributed by atoms with van der Waals surface area (Å²) in [5, 5.41) is 15.9. The molecule has 12 nitrogen and oxygen atoms in total. The van der Waals surface area contributed by atoms with Crippen molar-refractivity contribution in [2.45, 2.75) is 37.9 Å². The van der Waals surface area contributed by atoms with Crippen molar-refractivity contribution in [1.82, 2.24) is 40.4 Å². The Morgan fingerprint density at radius 1 is 1.19 bits per heavy atom. The van der Waals surface area contributed by atoms with E-state index in [-0.39, 0.29) is 31.0 Å². The summed E-state index contributed by atoms with van der Waals surface area (Å²) in [5.41, 5.74) is 2.13. The fourth-order valence-corrected chi connectivity index (χ4v) is 5.30. The van der Waals surface area contributed by atoms with Gasteiger partial charge in [-0.1, -0.05) is 5.21 Å². The largest absolute Gasteiger partial charge is 0.350 e. The highest BCUT2D eigenvalue weighted by Gasteiger charge is 2.41. The fraction of sp³-hybridized carbons (Fsp3) is 0.348. The van der Waals surface area contributed by atoms with Gasteiger partial charge in [0.25, 0.3) is 5.91 Å². The molecule has 186 valence electrons. The van der Waals surface area contributed by atoms with Crippen LogP contribution in [0, 0.1) is 6.92 Å². The molecule has 2 aromatic heterocycles. The molecule has 3 aromatic rings. The number of nitrogens with one attached hydrogen (secondary N) is 2. The third-order valence-corrected chi connectivity index (χ3v) is 7.37. The predicted octanol–water partition coefficient (Wildman–Crippen LogP) is 1.04. The standard InChI is InChI=1S/C23H24N8O4S/c1-13-12-36-21(25-13)18-9-15(26-20(33)17-10-19(32)29(2)23(35)27-17)11-30(18)22(34)14-3-5-16(6-4-14)31-8-7-24-28-31/h3-8,12,15,17-18H,9-11H2,1-2H3,(H,26,33)(H,27,35)/t15-,17-,18-/m0/s1. The van der Waals surface area contributed by atoms with Crippen LogP contribution in [-0.4, -0.2) is 79.2 Å². The van der Waals surface area contributed by atoms with Crippen molar-refractivity contribution in [2.75, 3.05) is 13.6 Å². The molecule has 0 saturated carbocycles. The smallest absolute Gasteiger partial charge is 0.324 e. The second kappa shape index (κ2) is 9.49. The summed E-state index contributed by atoms with van der Waals surface area (Å²) in [6.07, 6.45) is 3.64. The van der Waals surface area contributed by atoms with Gasteiger partial charge in [-0.15, -0.1) is 16.4 Å². The minimum atomic E-state index is -0.948. The van der Waals surface area contributed by atoms with E-state index >= 15 is 0 Å². The molecular formula is C23H24N8O4S. The first-order chi connectivity index (χ1) is 17.3. The van der Waals surface area contributed by atoms with Crippen LogP contribution in [0.4, 0.5) is 4.79 Å². The Hall–Kier alpha value is -4.13. The minimum absolute atomic E-state index is 0.114. The summed E-state index contributed by atoms with van der Waals surface area (Å²) in [6.45, 7) is 2.16. The van der Waals surface area contributed by atoms with Crippen LogP contribution in [0.1, 0.15) is 39.9 Å². The van der Waals surface area contributed by atoms with Crippen molar-refractivity contribution >= 4 is 35.1 Å². The molecule has 3 atom stereocenters.